The van der Waals surface area contributed by atoms with Crippen LogP contribution in [0, 0.1) is 19.7 Å². The van der Waals surface area contributed by atoms with Gasteiger partial charge >= 0.3 is 0 Å². The molecule has 4 aromatic rings. The fraction of sp³-hybridized carbons (Fsp3) is 0.0714. The van der Waals surface area contributed by atoms with Gasteiger partial charge in [0.15, 0.2) is 17.3 Å². The van der Waals surface area contributed by atoms with E-state index in [1.807, 2.05) is 32.0 Å². The first-order valence-electron chi connectivity index (χ1n) is 10.5. The first-order chi connectivity index (χ1) is 15.9. The van der Waals surface area contributed by atoms with Crippen molar-refractivity contribution in [3.63, 3.8) is 0 Å². The van der Waals surface area contributed by atoms with Gasteiger partial charge < -0.3 is 10.1 Å². The van der Waals surface area contributed by atoms with E-state index >= 15 is 4.39 Å². The number of ketones is 1. The highest BCUT2D eigenvalue weighted by Gasteiger charge is 2.25. The Labute approximate surface area is 191 Å². The van der Waals surface area contributed by atoms with Crippen LogP contribution in [0.4, 0.5) is 10.1 Å². The first kappa shape index (κ1) is 22.0. The lowest BCUT2D eigenvalue weighted by molar-refractivity contribution is 0.101. The Morgan fingerprint density at radius 2 is 1.42 bits per heavy atom. The topological polar surface area (TPSA) is 55.4 Å². The molecule has 1 N–H and O–H groups in total. The van der Waals surface area contributed by atoms with Gasteiger partial charge in [0.05, 0.1) is 11.1 Å². The van der Waals surface area contributed by atoms with Gasteiger partial charge in [-0.3, -0.25) is 9.59 Å². The van der Waals surface area contributed by atoms with Crippen LogP contribution in [0.15, 0.2) is 91.0 Å². The predicted molar refractivity (Wildman–Crippen MR) is 127 cm³/mol. The van der Waals surface area contributed by atoms with Crippen LogP contribution in [0.1, 0.15) is 37.4 Å². The minimum atomic E-state index is -0.888. The molecule has 0 saturated carbocycles. The number of benzene rings is 4. The third kappa shape index (κ3) is 4.83. The van der Waals surface area contributed by atoms with Crippen LogP contribution in [0.3, 0.4) is 0 Å². The zero-order chi connectivity index (χ0) is 23.4. The first-order valence-corrected chi connectivity index (χ1v) is 10.5. The van der Waals surface area contributed by atoms with Gasteiger partial charge in [-0.1, -0.05) is 60.7 Å². The van der Waals surface area contributed by atoms with Crippen molar-refractivity contribution in [1.82, 2.24) is 0 Å². The van der Waals surface area contributed by atoms with Crippen LogP contribution in [0.25, 0.3) is 0 Å². The number of amides is 1. The molecule has 164 valence electrons. The molecule has 0 atom stereocenters. The van der Waals surface area contributed by atoms with Crippen LogP contribution >= 0.6 is 0 Å². The third-order valence-electron chi connectivity index (χ3n) is 5.23. The molecule has 5 heteroatoms. The molecule has 0 radical (unpaired) electrons. The van der Waals surface area contributed by atoms with Crippen molar-refractivity contribution in [2.75, 3.05) is 5.32 Å². The number of para-hydroxylation sites is 1. The summed E-state index contributed by atoms with van der Waals surface area (Å²) in [6.07, 6.45) is 0. The van der Waals surface area contributed by atoms with Crippen molar-refractivity contribution >= 4 is 17.4 Å². The molecule has 4 rings (SSSR count). The molecule has 0 heterocycles. The average molecular weight is 439 g/mol. The van der Waals surface area contributed by atoms with Crippen LogP contribution in [0.5, 0.6) is 11.5 Å². The molecule has 0 aliphatic carbocycles. The van der Waals surface area contributed by atoms with Gasteiger partial charge in [0.1, 0.15) is 5.75 Å². The molecule has 0 aliphatic rings. The van der Waals surface area contributed by atoms with Crippen LogP contribution in [0.2, 0.25) is 0 Å². The Bertz CT molecular complexity index is 1320. The van der Waals surface area contributed by atoms with Crippen molar-refractivity contribution in [1.29, 1.82) is 0 Å². The van der Waals surface area contributed by atoms with Gasteiger partial charge in [-0.05, 0) is 55.3 Å². The second kappa shape index (κ2) is 9.49. The number of carbonyl (C=O) groups excluding carboxylic acids is 2. The van der Waals surface area contributed by atoms with Crippen LogP contribution < -0.4 is 10.1 Å². The van der Waals surface area contributed by atoms with E-state index in [2.05, 4.69) is 5.32 Å². The van der Waals surface area contributed by atoms with E-state index in [1.165, 1.54) is 12.1 Å². The van der Waals surface area contributed by atoms with Gasteiger partial charge in [-0.2, -0.15) is 0 Å². The Hall–Kier alpha value is -4.25. The molecule has 0 saturated heterocycles. The van der Waals surface area contributed by atoms with Gasteiger partial charge in [0.25, 0.3) is 5.91 Å². The molecule has 0 aliphatic heterocycles. The highest BCUT2D eigenvalue weighted by atomic mass is 19.1. The second-order valence-corrected chi connectivity index (χ2v) is 7.69. The molecule has 0 fully saturated rings. The lowest BCUT2D eigenvalue weighted by Crippen LogP contribution is -2.16. The number of halogens is 1. The number of aryl methyl sites for hydroxylation is 2. The molecule has 1 amide bonds. The SMILES string of the molecule is Cc1ccc(C)c(NC(=O)c2ccc(C(=O)c3ccccc3)c(F)c2Oc2ccccc2)c1. The predicted octanol–water partition coefficient (Wildman–Crippen LogP) is 6.72. The molecular formula is C28H22FNO3. The van der Waals surface area contributed by atoms with Gasteiger partial charge in [-0.15, -0.1) is 0 Å². The Morgan fingerprint density at radius 3 is 2.12 bits per heavy atom. The number of nitrogens with one attached hydrogen (secondary N) is 1. The standard InChI is InChI=1S/C28H22FNO3/c1-18-13-14-19(2)24(17-18)30-28(32)23-16-15-22(26(31)20-9-5-3-6-10-20)25(29)27(23)33-21-11-7-4-8-12-21/h3-17H,1-2H3,(H,30,32). The Balaban J connectivity index is 1.77. The highest BCUT2D eigenvalue weighted by molar-refractivity contribution is 6.11. The fourth-order valence-electron chi connectivity index (χ4n) is 3.42. The maximum atomic E-state index is 15.7. The molecule has 4 aromatic carbocycles. The van der Waals surface area contributed by atoms with Gasteiger partial charge in [0, 0.05) is 11.3 Å². The summed E-state index contributed by atoms with van der Waals surface area (Å²) in [5.74, 6) is -1.87. The summed E-state index contributed by atoms with van der Waals surface area (Å²) in [6, 6.07) is 25.4. The number of rotatable bonds is 6. The highest BCUT2D eigenvalue weighted by Crippen LogP contribution is 2.32. The van der Waals surface area contributed by atoms with Crippen LogP contribution in [-0.4, -0.2) is 11.7 Å². The largest absolute Gasteiger partial charge is 0.453 e. The van der Waals surface area contributed by atoms with E-state index in [0.29, 0.717) is 17.0 Å². The molecule has 0 aromatic heterocycles. The number of ether oxygens (including phenoxy) is 1. The Morgan fingerprint density at radius 1 is 0.788 bits per heavy atom. The molecule has 33 heavy (non-hydrogen) atoms. The van der Waals surface area contributed by atoms with E-state index in [-0.39, 0.29) is 16.9 Å². The van der Waals surface area contributed by atoms with E-state index in [0.717, 1.165) is 11.1 Å². The lowest BCUT2D eigenvalue weighted by Gasteiger charge is -2.15. The van der Waals surface area contributed by atoms with Crippen molar-refractivity contribution in [2.24, 2.45) is 0 Å². The zero-order valence-electron chi connectivity index (χ0n) is 18.3. The second-order valence-electron chi connectivity index (χ2n) is 7.69. The summed E-state index contributed by atoms with van der Waals surface area (Å²) in [5.41, 5.74) is 2.63. The molecule has 4 nitrogen and oxygen atoms in total. The van der Waals surface area contributed by atoms with Gasteiger partial charge in [0.2, 0.25) is 0 Å². The summed E-state index contributed by atoms with van der Waals surface area (Å²) >= 11 is 0. The average Bonchev–Trinajstić information content (AvgIpc) is 2.83. The number of hydrogen-bond acceptors (Lipinski definition) is 3. The lowest BCUT2D eigenvalue weighted by atomic mass is 10.00. The van der Waals surface area contributed by atoms with Gasteiger partial charge in [-0.25, -0.2) is 4.39 Å². The van der Waals surface area contributed by atoms with E-state index in [4.69, 9.17) is 4.74 Å². The van der Waals surface area contributed by atoms with E-state index < -0.39 is 17.5 Å². The van der Waals surface area contributed by atoms with Crippen molar-refractivity contribution < 1.29 is 18.7 Å². The minimum absolute atomic E-state index is 0.0122. The maximum Gasteiger partial charge on any atom is 0.259 e. The number of anilines is 1. The summed E-state index contributed by atoms with van der Waals surface area (Å²) in [7, 11) is 0. The van der Waals surface area contributed by atoms with Crippen molar-refractivity contribution in [3.8, 4) is 11.5 Å². The quantitative estimate of drug-likeness (QED) is 0.339. The third-order valence-corrected chi connectivity index (χ3v) is 5.23. The normalized spacial score (nSPS) is 10.5. The molecule has 0 unspecified atom stereocenters. The number of carbonyl (C=O) groups is 2. The summed E-state index contributed by atoms with van der Waals surface area (Å²) in [6.45, 7) is 3.79. The Kier molecular flexibility index (Phi) is 6.31. The van der Waals surface area contributed by atoms with Crippen molar-refractivity contribution in [2.45, 2.75) is 13.8 Å². The van der Waals surface area contributed by atoms with Crippen LogP contribution in [-0.2, 0) is 0 Å². The summed E-state index contributed by atoms with van der Waals surface area (Å²) in [5, 5.41) is 2.83. The molecule has 0 bridgehead atoms. The smallest absolute Gasteiger partial charge is 0.259 e. The maximum absolute atomic E-state index is 15.7. The van der Waals surface area contributed by atoms with Crippen molar-refractivity contribution in [3.05, 3.63) is 125 Å². The van der Waals surface area contributed by atoms with E-state index in [1.54, 1.807) is 60.7 Å². The monoisotopic (exact) mass is 439 g/mol. The minimum Gasteiger partial charge on any atom is -0.453 e. The molecular weight excluding hydrogens is 417 g/mol. The summed E-state index contributed by atoms with van der Waals surface area (Å²) < 4.78 is 21.5. The fourth-order valence-corrected chi connectivity index (χ4v) is 3.42. The molecule has 0 spiro atoms. The zero-order valence-corrected chi connectivity index (χ0v) is 18.3. The number of hydrogen-bond donors (Lipinski definition) is 1. The summed E-state index contributed by atoms with van der Waals surface area (Å²) in [4.78, 5) is 26.1. The van der Waals surface area contributed by atoms with E-state index in [9.17, 15) is 9.59 Å².